The molecule has 0 fully saturated rings. The summed E-state index contributed by atoms with van der Waals surface area (Å²) in [4.78, 5) is 26.8. The molecule has 0 bridgehead atoms. The van der Waals surface area contributed by atoms with Crippen molar-refractivity contribution in [3.8, 4) is 0 Å². The second-order valence-electron chi connectivity index (χ2n) is 5.67. The number of esters is 1. The number of methoxy groups -OCH3 is 1. The number of rotatable bonds is 5. The molecule has 0 radical (unpaired) electrons. The molecule has 0 unspecified atom stereocenters. The predicted molar refractivity (Wildman–Crippen MR) is 85.8 cm³/mol. The van der Waals surface area contributed by atoms with Crippen molar-refractivity contribution in [3.63, 3.8) is 0 Å². The van der Waals surface area contributed by atoms with Crippen molar-refractivity contribution >= 4 is 28.2 Å². The highest BCUT2D eigenvalue weighted by atomic mass is 32.1. The number of likely N-dealkylation sites (N-methyl/N-ethyl adjacent to an activating group) is 1. The third-order valence-corrected chi connectivity index (χ3v) is 5.02. The number of hydrogen-bond acceptors (Lipinski definition) is 6. The van der Waals surface area contributed by atoms with Crippen LogP contribution >= 0.6 is 11.3 Å². The third-order valence-electron chi connectivity index (χ3n) is 3.89. The van der Waals surface area contributed by atoms with E-state index in [1.807, 2.05) is 17.3 Å². The first-order chi connectivity index (χ1) is 12.0. The number of carbonyl (C=O) groups excluding carboxylic acids is 2. The van der Waals surface area contributed by atoms with E-state index in [1.54, 1.807) is 6.92 Å². The maximum atomic E-state index is 14.1. The molecule has 26 heavy (non-hydrogen) atoms. The number of thiophene rings is 1. The second kappa shape index (κ2) is 7.49. The van der Waals surface area contributed by atoms with Crippen LogP contribution in [-0.4, -0.2) is 56.1 Å². The van der Waals surface area contributed by atoms with Crippen LogP contribution in [-0.2, 0) is 27.2 Å². The van der Waals surface area contributed by atoms with Gasteiger partial charge in [0.15, 0.2) is 0 Å². The van der Waals surface area contributed by atoms with Crippen LogP contribution in [0.25, 0.3) is 0 Å². The topological polar surface area (TPSA) is 67.9 Å². The lowest BCUT2D eigenvalue weighted by molar-refractivity contribution is -0.305. The third kappa shape index (κ3) is 3.69. The van der Waals surface area contributed by atoms with Gasteiger partial charge < -0.3 is 19.7 Å². The van der Waals surface area contributed by atoms with Crippen molar-refractivity contribution in [2.75, 3.05) is 32.6 Å². The number of carbonyl (C=O) groups is 2. The monoisotopic (exact) mass is 398 g/mol. The fourth-order valence-corrected chi connectivity index (χ4v) is 3.87. The van der Waals surface area contributed by atoms with Gasteiger partial charge in [0.05, 0.1) is 12.2 Å². The molecule has 2 rings (SSSR count). The SMILES string of the molecule is CCOC(=O)c1c(NC(=O)[C@@](F)(OC)C(F)(F)F)sc2c1CCN(C)C2. The Hall–Kier alpha value is -1.72. The minimum absolute atomic E-state index is 0.0334. The average Bonchev–Trinajstić information content (AvgIpc) is 2.89. The van der Waals surface area contributed by atoms with Crippen molar-refractivity contribution in [2.45, 2.75) is 31.9 Å². The number of hydrogen-bond donors (Lipinski definition) is 1. The molecule has 0 aromatic carbocycles. The summed E-state index contributed by atoms with van der Waals surface area (Å²) in [7, 11) is 2.28. The van der Waals surface area contributed by atoms with E-state index < -0.39 is 23.9 Å². The summed E-state index contributed by atoms with van der Waals surface area (Å²) in [5.74, 6) is -7.36. The molecule has 1 aromatic heterocycles. The van der Waals surface area contributed by atoms with Crippen molar-refractivity contribution in [2.24, 2.45) is 0 Å². The van der Waals surface area contributed by atoms with E-state index in [4.69, 9.17) is 4.74 Å². The lowest BCUT2D eigenvalue weighted by Crippen LogP contribution is -2.52. The first kappa shape index (κ1) is 20.6. The maximum Gasteiger partial charge on any atom is 0.458 e. The lowest BCUT2D eigenvalue weighted by atomic mass is 10.0. The molecular weight excluding hydrogens is 380 g/mol. The Bertz CT molecular complexity index is 707. The van der Waals surface area contributed by atoms with E-state index in [0.717, 1.165) is 11.3 Å². The summed E-state index contributed by atoms with van der Waals surface area (Å²) in [6, 6.07) is 0. The Morgan fingerprint density at radius 1 is 1.31 bits per heavy atom. The highest BCUT2D eigenvalue weighted by molar-refractivity contribution is 7.17. The molecule has 146 valence electrons. The van der Waals surface area contributed by atoms with Gasteiger partial charge in [-0.1, -0.05) is 0 Å². The average molecular weight is 398 g/mol. The lowest BCUT2D eigenvalue weighted by Gasteiger charge is -2.24. The highest BCUT2D eigenvalue weighted by Crippen LogP contribution is 2.40. The van der Waals surface area contributed by atoms with Gasteiger partial charge in [0.2, 0.25) is 0 Å². The van der Waals surface area contributed by atoms with Crippen molar-refractivity contribution in [1.82, 2.24) is 4.90 Å². The van der Waals surface area contributed by atoms with Gasteiger partial charge in [0.1, 0.15) is 5.00 Å². The molecule has 1 aliphatic rings. The smallest absolute Gasteiger partial charge is 0.458 e. The van der Waals surface area contributed by atoms with E-state index >= 15 is 0 Å². The summed E-state index contributed by atoms with van der Waals surface area (Å²) in [6.07, 6.45) is -5.12. The molecule has 1 amide bonds. The highest BCUT2D eigenvalue weighted by Gasteiger charge is 2.63. The van der Waals surface area contributed by atoms with E-state index in [-0.39, 0.29) is 17.2 Å². The van der Waals surface area contributed by atoms with Crippen molar-refractivity contribution in [3.05, 3.63) is 16.0 Å². The number of anilines is 1. The molecule has 0 aliphatic carbocycles. The first-order valence-corrected chi connectivity index (χ1v) is 8.49. The second-order valence-corrected chi connectivity index (χ2v) is 6.77. The number of nitrogens with zero attached hydrogens (tertiary/aromatic N) is 1. The van der Waals surface area contributed by atoms with Gasteiger partial charge in [0, 0.05) is 25.1 Å². The minimum atomic E-state index is -5.58. The first-order valence-electron chi connectivity index (χ1n) is 7.67. The Labute approximate surface area is 151 Å². The van der Waals surface area contributed by atoms with Gasteiger partial charge in [-0.05, 0) is 26.0 Å². The van der Waals surface area contributed by atoms with Gasteiger partial charge in [-0.15, -0.1) is 11.3 Å². The Morgan fingerprint density at radius 3 is 2.50 bits per heavy atom. The normalized spacial score (nSPS) is 17.3. The Morgan fingerprint density at radius 2 is 1.96 bits per heavy atom. The molecule has 11 heteroatoms. The van der Waals surface area contributed by atoms with Gasteiger partial charge >= 0.3 is 23.9 Å². The number of ether oxygens (including phenoxy) is 2. The fourth-order valence-electron chi connectivity index (χ4n) is 2.56. The van der Waals surface area contributed by atoms with Crippen LogP contribution in [0.2, 0.25) is 0 Å². The van der Waals surface area contributed by atoms with E-state index in [2.05, 4.69) is 4.74 Å². The van der Waals surface area contributed by atoms with Crippen LogP contribution in [0.4, 0.5) is 22.6 Å². The van der Waals surface area contributed by atoms with E-state index in [1.165, 1.54) is 0 Å². The number of halogens is 4. The molecular formula is C15H18F4N2O4S. The molecule has 0 saturated heterocycles. The summed E-state index contributed by atoms with van der Waals surface area (Å²) in [5.41, 5.74) is 0.560. The molecule has 2 heterocycles. The molecule has 1 atom stereocenters. The van der Waals surface area contributed by atoms with Gasteiger partial charge in [0.25, 0.3) is 0 Å². The van der Waals surface area contributed by atoms with E-state index in [0.29, 0.717) is 37.1 Å². The summed E-state index contributed by atoms with van der Waals surface area (Å²) in [6.45, 7) is 2.69. The number of fused-ring (bicyclic) bond motifs is 1. The zero-order valence-corrected chi connectivity index (χ0v) is 15.1. The molecule has 1 aromatic rings. The maximum absolute atomic E-state index is 14.1. The van der Waals surface area contributed by atoms with Crippen LogP contribution in [0.5, 0.6) is 0 Å². The van der Waals surface area contributed by atoms with Crippen LogP contribution in [0.3, 0.4) is 0 Å². The molecule has 0 saturated carbocycles. The zero-order chi connectivity index (χ0) is 19.7. The van der Waals surface area contributed by atoms with Crippen LogP contribution in [0, 0.1) is 0 Å². The summed E-state index contributed by atoms with van der Waals surface area (Å²) in [5, 5.41) is 1.68. The molecule has 6 nitrogen and oxygen atoms in total. The quantitative estimate of drug-likeness (QED) is 0.610. The van der Waals surface area contributed by atoms with E-state index in [9.17, 15) is 27.2 Å². The van der Waals surface area contributed by atoms with Gasteiger partial charge in [-0.25, -0.2) is 4.79 Å². The van der Waals surface area contributed by atoms with Crippen LogP contribution in [0.1, 0.15) is 27.7 Å². The van der Waals surface area contributed by atoms with Gasteiger partial charge in [-0.2, -0.15) is 17.6 Å². The Kier molecular flexibility index (Phi) is 5.93. The van der Waals surface area contributed by atoms with Crippen molar-refractivity contribution in [1.29, 1.82) is 0 Å². The Balaban J connectivity index is 2.43. The van der Waals surface area contributed by atoms with Gasteiger partial charge in [-0.3, -0.25) is 4.79 Å². The molecule has 1 aliphatic heterocycles. The molecule has 0 spiro atoms. The number of alkyl halides is 4. The largest absolute Gasteiger partial charge is 0.462 e. The van der Waals surface area contributed by atoms with Crippen molar-refractivity contribution < 1.29 is 36.6 Å². The number of amides is 1. The number of nitrogens with one attached hydrogen (secondary N) is 1. The summed E-state index contributed by atoms with van der Waals surface area (Å²) >= 11 is 0.921. The van der Waals surface area contributed by atoms with Crippen LogP contribution < -0.4 is 5.32 Å². The zero-order valence-electron chi connectivity index (χ0n) is 14.3. The predicted octanol–water partition coefficient (Wildman–Crippen LogP) is 2.73. The standard InChI is InChI=1S/C15H18F4N2O4S/c1-4-25-12(22)10-8-5-6-21(2)7-9(8)26-11(10)20-13(23)14(16,24-3)15(17,18)19/h4-7H2,1-3H3,(H,20,23)/t14-/m1/s1. The minimum Gasteiger partial charge on any atom is -0.462 e. The molecule has 1 N–H and O–H groups in total. The van der Waals surface area contributed by atoms with Crippen LogP contribution in [0.15, 0.2) is 0 Å². The fraction of sp³-hybridized carbons (Fsp3) is 0.600. The summed E-state index contributed by atoms with van der Waals surface area (Å²) < 4.78 is 61.4.